The standard InChI is InChI=1S/C14H14ClNO3/c15-11-4-8(3-9-5-12(17)16-14(9)11)10(6-13(18)19)7-1-2-7/h3-4,7,10H,1-2,5-6H2,(H,16,17)(H,18,19). The van der Waals surface area contributed by atoms with E-state index < -0.39 is 5.97 Å². The van der Waals surface area contributed by atoms with Gasteiger partial charge in [0, 0.05) is 0 Å². The third kappa shape index (κ3) is 2.45. The van der Waals surface area contributed by atoms with Crippen molar-refractivity contribution in [1.82, 2.24) is 0 Å². The van der Waals surface area contributed by atoms with Crippen LogP contribution in [0.25, 0.3) is 0 Å². The summed E-state index contributed by atoms with van der Waals surface area (Å²) in [6.07, 6.45) is 2.60. The van der Waals surface area contributed by atoms with Gasteiger partial charge in [0.25, 0.3) is 0 Å². The van der Waals surface area contributed by atoms with Gasteiger partial charge in [-0.3, -0.25) is 9.59 Å². The van der Waals surface area contributed by atoms with Crippen LogP contribution in [0, 0.1) is 5.92 Å². The molecule has 1 aliphatic heterocycles. The minimum absolute atomic E-state index is 0.0102. The summed E-state index contributed by atoms with van der Waals surface area (Å²) in [6.45, 7) is 0. The summed E-state index contributed by atoms with van der Waals surface area (Å²) in [5.41, 5.74) is 2.51. The molecule has 100 valence electrons. The Morgan fingerprint density at radius 2 is 2.21 bits per heavy atom. The summed E-state index contributed by atoms with van der Waals surface area (Å²) < 4.78 is 0. The molecule has 0 spiro atoms. The minimum atomic E-state index is -0.789. The Morgan fingerprint density at radius 1 is 1.47 bits per heavy atom. The zero-order valence-electron chi connectivity index (χ0n) is 10.3. The quantitative estimate of drug-likeness (QED) is 0.891. The van der Waals surface area contributed by atoms with E-state index in [1.165, 1.54) is 0 Å². The second-order valence-corrected chi connectivity index (χ2v) is 5.71. The van der Waals surface area contributed by atoms with E-state index in [1.807, 2.05) is 6.07 Å². The molecule has 3 rings (SSSR count). The largest absolute Gasteiger partial charge is 0.481 e. The van der Waals surface area contributed by atoms with Crippen molar-refractivity contribution in [2.24, 2.45) is 5.92 Å². The number of aliphatic carboxylic acids is 1. The van der Waals surface area contributed by atoms with Crippen LogP contribution in [0.1, 0.15) is 36.3 Å². The normalized spacial score (nSPS) is 18.9. The number of hydrogen-bond donors (Lipinski definition) is 2. The number of benzene rings is 1. The van der Waals surface area contributed by atoms with Gasteiger partial charge in [0.1, 0.15) is 0 Å². The fourth-order valence-electron chi connectivity index (χ4n) is 2.78. The first-order valence-electron chi connectivity index (χ1n) is 6.38. The van der Waals surface area contributed by atoms with Crippen molar-refractivity contribution < 1.29 is 14.7 Å². The zero-order valence-corrected chi connectivity index (χ0v) is 11.0. The third-order valence-electron chi connectivity index (χ3n) is 3.82. The Hall–Kier alpha value is -1.55. The molecule has 1 atom stereocenters. The lowest BCUT2D eigenvalue weighted by atomic mass is 9.89. The maximum atomic E-state index is 11.4. The smallest absolute Gasteiger partial charge is 0.303 e. The molecule has 2 aliphatic rings. The van der Waals surface area contributed by atoms with Gasteiger partial charge in [-0.05, 0) is 41.9 Å². The maximum Gasteiger partial charge on any atom is 0.303 e. The number of amides is 1. The molecule has 1 saturated carbocycles. The lowest BCUT2D eigenvalue weighted by Gasteiger charge is -2.16. The van der Waals surface area contributed by atoms with Gasteiger partial charge in [-0.15, -0.1) is 0 Å². The SMILES string of the molecule is O=C(O)CC(c1cc(Cl)c2c(c1)CC(=O)N2)C1CC1. The highest BCUT2D eigenvalue weighted by Gasteiger charge is 2.35. The van der Waals surface area contributed by atoms with Gasteiger partial charge in [0.15, 0.2) is 0 Å². The van der Waals surface area contributed by atoms with Gasteiger partial charge in [0.2, 0.25) is 5.91 Å². The zero-order chi connectivity index (χ0) is 13.6. The van der Waals surface area contributed by atoms with Crippen molar-refractivity contribution in [2.75, 3.05) is 5.32 Å². The van der Waals surface area contributed by atoms with Crippen LogP contribution in [0.2, 0.25) is 5.02 Å². The van der Waals surface area contributed by atoms with E-state index in [0.29, 0.717) is 23.0 Å². The van der Waals surface area contributed by atoms with Crippen molar-refractivity contribution in [1.29, 1.82) is 0 Å². The van der Waals surface area contributed by atoms with E-state index in [-0.39, 0.29) is 18.2 Å². The molecule has 0 saturated heterocycles. The molecule has 0 bridgehead atoms. The number of nitrogens with one attached hydrogen (secondary N) is 1. The number of carboxylic acid groups (broad SMARTS) is 1. The van der Waals surface area contributed by atoms with Crippen LogP contribution in [-0.2, 0) is 16.0 Å². The number of anilines is 1. The van der Waals surface area contributed by atoms with Crippen LogP contribution >= 0.6 is 11.6 Å². The van der Waals surface area contributed by atoms with Crippen molar-refractivity contribution in [2.45, 2.75) is 31.6 Å². The third-order valence-corrected chi connectivity index (χ3v) is 4.12. The minimum Gasteiger partial charge on any atom is -0.481 e. The molecule has 5 heteroatoms. The molecule has 1 aliphatic carbocycles. The molecule has 1 aromatic rings. The second-order valence-electron chi connectivity index (χ2n) is 5.30. The van der Waals surface area contributed by atoms with E-state index in [4.69, 9.17) is 16.7 Å². The van der Waals surface area contributed by atoms with Gasteiger partial charge in [-0.25, -0.2) is 0 Å². The van der Waals surface area contributed by atoms with Crippen LogP contribution in [-0.4, -0.2) is 17.0 Å². The highest BCUT2D eigenvalue weighted by Crippen LogP contribution is 2.46. The molecule has 1 heterocycles. The molecule has 2 N–H and O–H groups in total. The highest BCUT2D eigenvalue weighted by atomic mass is 35.5. The van der Waals surface area contributed by atoms with E-state index in [0.717, 1.165) is 24.0 Å². The van der Waals surface area contributed by atoms with Crippen LogP contribution in [0.4, 0.5) is 5.69 Å². The monoisotopic (exact) mass is 279 g/mol. The molecule has 0 radical (unpaired) electrons. The number of hydrogen-bond acceptors (Lipinski definition) is 2. The Balaban J connectivity index is 1.96. The summed E-state index contributed by atoms with van der Waals surface area (Å²) in [6, 6.07) is 3.74. The van der Waals surface area contributed by atoms with Gasteiger partial charge in [0.05, 0.1) is 23.6 Å². The number of carbonyl (C=O) groups excluding carboxylic acids is 1. The van der Waals surface area contributed by atoms with Gasteiger partial charge < -0.3 is 10.4 Å². The number of carbonyl (C=O) groups is 2. The first-order chi connectivity index (χ1) is 9.04. The Labute approximate surface area is 115 Å². The topological polar surface area (TPSA) is 66.4 Å². The molecule has 1 unspecified atom stereocenters. The Kier molecular flexibility index (Phi) is 2.97. The van der Waals surface area contributed by atoms with E-state index in [2.05, 4.69) is 5.32 Å². The predicted octanol–water partition coefficient (Wildman–Crippen LogP) is 2.80. The van der Waals surface area contributed by atoms with Crippen LogP contribution in [0.15, 0.2) is 12.1 Å². The van der Waals surface area contributed by atoms with Gasteiger partial charge in [-0.1, -0.05) is 17.7 Å². The number of fused-ring (bicyclic) bond motifs is 1. The molecule has 1 amide bonds. The van der Waals surface area contributed by atoms with Gasteiger partial charge >= 0.3 is 5.97 Å². The summed E-state index contributed by atoms with van der Waals surface area (Å²) in [5.74, 6) is -0.399. The van der Waals surface area contributed by atoms with E-state index >= 15 is 0 Å². The maximum absolute atomic E-state index is 11.4. The lowest BCUT2D eigenvalue weighted by molar-refractivity contribution is -0.137. The van der Waals surface area contributed by atoms with Crippen LogP contribution < -0.4 is 5.32 Å². The van der Waals surface area contributed by atoms with E-state index in [1.54, 1.807) is 6.07 Å². The fourth-order valence-corrected chi connectivity index (χ4v) is 3.07. The number of halogens is 1. The first-order valence-corrected chi connectivity index (χ1v) is 6.76. The summed E-state index contributed by atoms with van der Waals surface area (Å²) in [4.78, 5) is 22.4. The lowest BCUT2D eigenvalue weighted by Crippen LogP contribution is -2.08. The number of carboxylic acids is 1. The molecule has 19 heavy (non-hydrogen) atoms. The van der Waals surface area contributed by atoms with Gasteiger partial charge in [-0.2, -0.15) is 0 Å². The molecule has 4 nitrogen and oxygen atoms in total. The molecule has 1 aromatic carbocycles. The van der Waals surface area contributed by atoms with Crippen molar-refractivity contribution in [3.63, 3.8) is 0 Å². The molecular weight excluding hydrogens is 266 g/mol. The average Bonchev–Trinajstić information content (AvgIpc) is 3.08. The van der Waals surface area contributed by atoms with Crippen molar-refractivity contribution >= 4 is 29.2 Å². The fraction of sp³-hybridized carbons (Fsp3) is 0.429. The predicted molar refractivity (Wildman–Crippen MR) is 71.5 cm³/mol. The number of rotatable bonds is 4. The Morgan fingerprint density at radius 3 is 2.84 bits per heavy atom. The molecule has 0 aromatic heterocycles. The van der Waals surface area contributed by atoms with E-state index in [9.17, 15) is 9.59 Å². The summed E-state index contributed by atoms with van der Waals surface area (Å²) in [7, 11) is 0. The van der Waals surface area contributed by atoms with Crippen molar-refractivity contribution in [3.05, 3.63) is 28.3 Å². The van der Waals surface area contributed by atoms with Crippen LogP contribution in [0.3, 0.4) is 0 Å². The van der Waals surface area contributed by atoms with Crippen LogP contribution in [0.5, 0.6) is 0 Å². The molecular formula is C14H14ClNO3. The summed E-state index contributed by atoms with van der Waals surface area (Å²) in [5, 5.41) is 12.3. The average molecular weight is 280 g/mol. The Bertz CT molecular complexity index is 566. The highest BCUT2D eigenvalue weighted by molar-refractivity contribution is 6.34. The summed E-state index contributed by atoms with van der Waals surface area (Å²) >= 11 is 6.18. The van der Waals surface area contributed by atoms with Crippen molar-refractivity contribution in [3.8, 4) is 0 Å². The first kappa shape index (κ1) is 12.5. The molecule has 1 fully saturated rings. The second kappa shape index (κ2) is 4.53.